The lowest BCUT2D eigenvalue weighted by Gasteiger charge is -2.33. The molecule has 3 heterocycles. The molecule has 1 saturated heterocycles. The highest BCUT2D eigenvalue weighted by Crippen LogP contribution is 2.18. The van der Waals surface area contributed by atoms with Crippen molar-refractivity contribution in [2.24, 2.45) is 0 Å². The summed E-state index contributed by atoms with van der Waals surface area (Å²) < 4.78 is 0. The topological polar surface area (TPSA) is 84.1 Å². The van der Waals surface area contributed by atoms with E-state index >= 15 is 0 Å². The van der Waals surface area contributed by atoms with Crippen LogP contribution in [0.15, 0.2) is 29.8 Å². The van der Waals surface area contributed by atoms with Crippen molar-refractivity contribution in [3.63, 3.8) is 0 Å². The van der Waals surface area contributed by atoms with E-state index in [1.807, 2.05) is 18.2 Å². The molecule has 2 aromatic heterocycles. The van der Waals surface area contributed by atoms with Gasteiger partial charge in [-0.05, 0) is 25.0 Å². The zero-order chi connectivity index (χ0) is 14.7. The Hall–Kier alpha value is -2.15. The van der Waals surface area contributed by atoms with Crippen LogP contribution in [0.4, 0.5) is 10.9 Å². The molecule has 0 spiro atoms. The van der Waals surface area contributed by atoms with E-state index in [-0.39, 0.29) is 11.9 Å². The number of amides is 1. The Balaban J connectivity index is 1.53. The molecule has 1 aliphatic heterocycles. The van der Waals surface area contributed by atoms with E-state index in [2.05, 4.69) is 20.2 Å². The Morgan fingerprint density at radius 3 is 2.81 bits per heavy atom. The van der Waals surface area contributed by atoms with Gasteiger partial charge in [-0.2, -0.15) is 0 Å². The summed E-state index contributed by atoms with van der Waals surface area (Å²) in [5.74, 6) is 0.855. The molecule has 0 radical (unpaired) electrons. The fourth-order valence-electron chi connectivity index (χ4n) is 2.44. The maximum atomic E-state index is 12.0. The monoisotopic (exact) mass is 303 g/mol. The summed E-state index contributed by atoms with van der Waals surface area (Å²) in [7, 11) is 0. The summed E-state index contributed by atoms with van der Waals surface area (Å²) in [5, 5.41) is 5.13. The fourth-order valence-corrected chi connectivity index (χ4v) is 2.99. The minimum atomic E-state index is -0.140. The first-order valence-electron chi connectivity index (χ1n) is 6.90. The Morgan fingerprint density at radius 1 is 1.38 bits per heavy atom. The van der Waals surface area contributed by atoms with Crippen LogP contribution < -0.4 is 16.0 Å². The number of pyridine rings is 1. The van der Waals surface area contributed by atoms with Crippen molar-refractivity contribution in [2.45, 2.75) is 18.9 Å². The van der Waals surface area contributed by atoms with Crippen LogP contribution in [0.3, 0.4) is 0 Å². The normalized spacial score (nSPS) is 15.9. The number of thiazole rings is 1. The summed E-state index contributed by atoms with van der Waals surface area (Å²) in [5.41, 5.74) is 5.95. The van der Waals surface area contributed by atoms with Crippen LogP contribution in [0.25, 0.3) is 0 Å². The van der Waals surface area contributed by atoms with Crippen LogP contribution in [0.2, 0.25) is 0 Å². The van der Waals surface area contributed by atoms with Crippen molar-refractivity contribution in [1.82, 2.24) is 15.3 Å². The number of nitrogen functional groups attached to an aromatic ring is 1. The number of nitrogens with two attached hydrogens (primary N) is 1. The van der Waals surface area contributed by atoms with E-state index < -0.39 is 0 Å². The van der Waals surface area contributed by atoms with Crippen LogP contribution in [0.1, 0.15) is 23.3 Å². The molecule has 0 bridgehead atoms. The lowest BCUT2D eigenvalue weighted by atomic mass is 10.0. The molecule has 6 nitrogen and oxygen atoms in total. The van der Waals surface area contributed by atoms with Gasteiger partial charge in [-0.1, -0.05) is 6.07 Å². The highest BCUT2D eigenvalue weighted by Gasteiger charge is 2.22. The van der Waals surface area contributed by atoms with Crippen LogP contribution in [-0.2, 0) is 0 Å². The molecule has 1 amide bonds. The van der Waals surface area contributed by atoms with Gasteiger partial charge in [0.25, 0.3) is 5.91 Å². The molecule has 0 unspecified atom stereocenters. The number of rotatable bonds is 3. The van der Waals surface area contributed by atoms with E-state index in [0.29, 0.717) is 10.8 Å². The second-order valence-electron chi connectivity index (χ2n) is 4.99. The van der Waals surface area contributed by atoms with Crippen molar-refractivity contribution in [3.05, 3.63) is 35.5 Å². The molecule has 1 aliphatic rings. The van der Waals surface area contributed by atoms with Crippen LogP contribution in [-0.4, -0.2) is 35.0 Å². The van der Waals surface area contributed by atoms with Gasteiger partial charge in [0.2, 0.25) is 0 Å². The number of anilines is 2. The molecule has 0 saturated carbocycles. The van der Waals surface area contributed by atoms with Crippen molar-refractivity contribution in [3.8, 4) is 0 Å². The van der Waals surface area contributed by atoms with Gasteiger partial charge in [-0.15, -0.1) is 11.3 Å². The van der Waals surface area contributed by atoms with E-state index in [1.54, 1.807) is 11.6 Å². The Labute approximate surface area is 127 Å². The van der Waals surface area contributed by atoms with Crippen molar-refractivity contribution in [1.29, 1.82) is 0 Å². The van der Waals surface area contributed by atoms with Crippen LogP contribution in [0.5, 0.6) is 0 Å². The second-order valence-corrected chi connectivity index (χ2v) is 5.88. The van der Waals surface area contributed by atoms with Gasteiger partial charge in [0.1, 0.15) is 11.5 Å². The summed E-state index contributed by atoms with van der Waals surface area (Å²) in [6.07, 6.45) is 3.61. The van der Waals surface area contributed by atoms with Crippen LogP contribution in [0, 0.1) is 0 Å². The maximum absolute atomic E-state index is 12.0. The maximum Gasteiger partial charge on any atom is 0.271 e. The van der Waals surface area contributed by atoms with E-state index in [0.717, 1.165) is 31.7 Å². The van der Waals surface area contributed by atoms with E-state index in [1.165, 1.54) is 11.3 Å². The molecule has 1 fully saturated rings. The third kappa shape index (κ3) is 3.30. The first-order valence-corrected chi connectivity index (χ1v) is 7.78. The van der Waals surface area contributed by atoms with Gasteiger partial charge in [-0.3, -0.25) is 4.79 Å². The van der Waals surface area contributed by atoms with Crippen LogP contribution >= 0.6 is 11.3 Å². The van der Waals surface area contributed by atoms with Crippen molar-refractivity contribution >= 4 is 28.2 Å². The van der Waals surface area contributed by atoms with E-state index in [4.69, 9.17) is 5.73 Å². The Morgan fingerprint density at radius 2 is 2.19 bits per heavy atom. The Kier molecular flexibility index (Phi) is 4.01. The summed E-state index contributed by atoms with van der Waals surface area (Å²) >= 11 is 1.28. The summed E-state index contributed by atoms with van der Waals surface area (Å²) in [6.45, 7) is 1.78. The molecule has 0 atom stereocenters. The molecule has 3 N–H and O–H groups in total. The average molecular weight is 303 g/mol. The first-order chi connectivity index (χ1) is 10.2. The molecule has 0 aliphatic carbocycles. The number of hydrogen-bond acceptors (Lipinski definition) is 6. The second kappa shape index (κ2) is 6.09. The molecule has 110 valence electrons. The van der Waals surface area contributed by atoms with Gasteiger partial charge >= 0.3 is 0 Å². The minimum absolute atomic E-state index is 0.140. The summed E-state index contributed by atoms with van der Waals surface area (Å²) in [4.78, 5) is 22.6. The average Bonchev–Trinajstić information content (AvgIpc) is 2.96. The highest BCUT2D eigenvalue weighted by molar-refractivity contribution is 7.13. The smallest absolute Gasteiger partial charge is 0.271 e. The number of hydrogen-bond donors (Lipinski definition) is 2. The lowest BCUT2D eigenvalue weighted by molar-refractivity contribution is 0.0927. The number of nitrogens with zero attached hydrogens (tertiary/aromatic N) is 3. The largest absolute Gasteiger partial charge is 0.375 e. The van der Waals surface area contributed by atoms with Gasteiger partial charge in [0.15, 0.2) is 5.13 Å². The van der Waals surface area contributed by atoms with Gasteiger partial charge < -0.3 is 16.0 Å². The van der Waals surface area contributed by atoms with Gasteiger partial charge in [0.05, 0.1) is 0 Å². The van der Waals surface area contributed by atoms with Crippen molar-refractivity contribution in [2.75, 3.05) is 23.7 Å². The van der Waals surface area contributed by atoms with E-state index in [9.17, 15) is 4.79 Å². The van der Waals surface area contributed by atoms with Crippen molar-refractivity contribution < 1.29 is 4.79 Å². The minimum Gasteiger partial charge on any atom is -0.375 e. The molecule has 3 rings (SSSR count). The number of piperidine rings is 1. The zero-order valence-corrected chi connectivity index (χ0v) is 12.3. The standard InChI is InChI=1S/C14H17N5OS/c15-14-18-11(9-21-14)13(20)17-10-4-7-19(8-5-10)12-3-1-2-6-16-12/h1-3,6,9-10H,4-5,7-8H2,(H2,15,18)(H,17,20). The zero-order valence-electron chi connectivity index (χ0n) is 11.5. The number of carbonyl (C=O) groups is 1. The predicted molar refractivity (Wildman–Crippen MR) is 83.5 cm³/mol. The lowest BCUT2D eigenvalue weighted by Crippen LogP contribution is -2.45. The molecular formula is C14H17N5OS. The molecule has 2 aromatic rings. The summed E-state index contributed by atoms with van der Waals surface area (Å²) in [6, 6.07) is 6.09. The highest BCUT2D eigenvalue weighted by atomic mass is 32.1. The SMILES string of the molecule is Nc1nc(C(=O)NC2CCN(c3ccccn3)CC2)cs1. The van der Waals surface area contributed by atoms with Gasteiger partial charge in [-0.25, -0.2) is 9.97 Å². The first kappa shape index (κ1) is 13.8. The Bertz CT molecular complexity index is 607. The number of aromatic nitrogens is 2. The fraction of sp³-hybridized carbons (Fsp3) is 0.357. The van der Waals surface area contributed by atoms with Gasteiger partial charge in [0, 0.05) is 30.7 Å². The molecule has 21 heavy (non-hydrogen) atoms. The molecule has 0 aromatic carbocycles. The third-order valence-corrected chi connectivity index (χ3v) is 4.23. The number of carbonyl (C=O) groups excluding carboxylic acids is 1. The third-order valence-electron chi connectivity index (χ3n) is 3.56. The molecule has 7 heteroatoms. The molecular weight excluding hydrogens is 286 g/mol. The number of nitrogens with one attached hydrogen (secondary N) is 1. The quantitative estimate of drug-likeness (QED) is 0.898. The predicted octanol–water partition coefficient (Wildman–Crippen LogP) is 1.52.